The molecule has 0 atom stereocenters. The Morgan fingerprint density at radius 3 is 2.56 bits per heavy atom. The third-order valence-corrected chi connectivity index (χ3v) is 7.01. The quantitative estimate of drug-likeness (QED) is 0.256. The first kappa shape index (κ1) is 26.0. The van der Waals surface area contributed by atoms with Crippen LogP contribution in [0.4, 0.5) is 11.4 Å². The van der Waals surface area contributed by atoms with E-state index < -0.39 is 0 Å². The average molecular weight is 559 g/mol. The molecule has 6 nitrogen and oxygen atoms in total. The summed E-state index contributed by atoms with van der Waals surface area (Å²) in [6.45, 7) is 1.64. The molecule has 0 bridgehead atoms. The highest BCUT2D eigenvalue weighted by molar-refractivity contribution is 8.27. The summed E-state index contributed by atoms with van der Waals surface area (Å²) in [6.07, 6.45) is 1.70. The third kappa shape index (κ3) is 5.84. The van der Waals surface area contributed by atoms with Crippen molar-refractivity contribution < 1.29 is 19.1 Å². The van der Waals surface area contributed by atoms with Gasteiger partial charge in [-0.05, 0) is 66.6 Å². The van der Waals surface area contributed by atoms with Crippen LogP contribution in [-0.2, 0) is 9.59 Å². The highest BCUT2D eigenvalue weighted by Crippen LogP contribution is 2.40. The number of rotatable bonds is 7. The van der Waals surface area contributed by atoms with Gasteiger partial charge >= 0.3 is 0 Å². The molecule has 0 aromatic heterocycles. The topological polar surface area (TPSA) is 67.9 Å². The van der Waals surface area contributed by atoms with Crippen LogP contribution in [0.5, 0.6) is 11.5 Å². The Labute approximate surface area is 228 Å². The Bertz CT molecular complexity index is 1380. The van der Waals surface area contributed by atoms with Crippen molar-refractivity contribution in [2.75, 3.05) is 23.9 Å². The minimum atomic E-state index is -0.376. The van der Waals surface area contributed by atoms with Crippen LogP contribution >= 0.6 is 47.2 Å². The molecule has 3 aromatic carbocycles. The number of nitrogens with one attached hydrogen (secondary N) is 1. The van der Waals surface area contributed by atoms with Crippen LogP contribution in [-0.4, -0.2) is 29.9 Å². The summed E-state index contributed by atoms with van der Waals surface area (Å²) in [7, 11) is 1.47. The first-order valence-electron chi connectivity index (χ1n) is 10.7. The summed E-state index contributed by atoms with van der Waals surface area (Å²) in [4.78, 5) is 27.4. The fourth-order valence-electron chi connectivity index (χ4n) is 3.47. The van der Waals surface area contributed by atoms with E-state index in [1.807, 2.05) is 31.2 Å². The number of methoxy groups -OCH3 is 1. The lowest BCUT2D eigenvalue weighted by Crippen LogP contribution is -2.28. The number of hydrogen-bond donors (Lipinski definition) is 1. The van der Waals surface area contributed by atoms with E-state index in [0.717, 1.165) is 11.3 Å². The van der Waals surface area contributed by atoms with Crippen LogP contribution in [0, 0.1) is 6.92 Å². The van der Waals surface area contributed by atoms with Gasteiger partial charge in [-0.1, -0.05) is 65.4 Å². The fraction of sp³-hybridized carbons (Fsp3) is 0.115. The van der Waals surface area contributed by atoms with Gasteiger partial charge < -0.3 is 14.8 Å². The summed E-state index contributed by atoms with van der Waals surface area (Å²) in [6, 6.07) is 17.6. The zero-order valence-electron chi connectivity index (χ0n) is 19.2. The number of anilines is 2. The minimum Gasteiger partial charge on any atom is -0.493 e. The highest BCUT2D eigenvalue weighted by Gasteiger charge is 2.34. The lowest BCUT2D eigenvalue weighted by atomic mass is 10.1. The number of benzene rings is 3. The number of ether oxygens (including phenoxy) is 2. The van der Waals surface area contributed by atoms with Crippen LogP contribution in [0.1, 0.15) is 11.1 Å². The summed E-state index contributed by atoms with van der Waals surface area (Å²) in [5, 5.41) is 3.51. The smallest absolute Gasteiger partial charge is 0.270 e. The Kier molecular flexibility index (Phi) is 8.21. The van der Waals surface area contributed by atoms with Gasteiger partial charge in [0.25, 0.3) is 11.8 Å². The van der Waals surface area contributed by atoms with E-state index in [2.05, 4.69) is 5.32 Å². The van der Waals surface area contributed by atoms with Gasteiger partial charge in [0.05, 0.1) is 22.7 Å². The molecular weight excluding hydrogens is 539 g/mol. The van der Waals surface area contributed by atoms with Crippen LogP contribution in [0.15, 0.2) is 65.6 Å². The number of thiocarbonyl (C=S) groups is 1. The van der Waals surface area contributed by atoms with E-state index in [-0.39, 0.29) is 29.2 Å². The summed E-state index contributed by atoms with van der Waals surface area (Å²) in [5.41, 5.74) is 2.91. The number of para-hydroxylation sites is 1. The molecular formula is C26H20Cl2N2O4S2. The van der Waals surface area contributed by atoms with Crippen LogP contribution < -0.4 is 19.7 Å². The molecule has 0 spiro atoms. The van der Waals surface area contributed by atoms with Crippen molar-refractivity contribution >= 4 is 80.8 Å². The van der Waals surface area contributed by atoms with E-state index in [1.54, 1.807) is 42.5 Å². The Balaban J connectivity index is 1.50. The van der Waals surface area contributed by atoms with E-state index >= 15 is 0 Å². The van der Waals surface area contributed by atoms with Gasteiger partial charge in [0, 0.05) is 10.7 Å². The zero-order valence-corrected chi connectivity index (χ0v) is 22.4. The second kappa shape index (κ2) is 11.3. The minimum absolute atomic E-state index is 0.214. The molecule has 4 rings (SSSR count). The molecule has 0 aliphatic carbocycles. The number of nitrogens with zero attached hydrogens (tertiary/aromatic N) is 1. The van der Waals surface area contributed by atoms with Crippen molar-refractivity contribution in [3.63, 3.8) is 0 Å². The van der Waals surface area contributed by atoms with Crippen molar-refractivity contribution in [1.82, 2.24) is 0 Å². The summed E-state index contributed by atoms with van der Waals surface area (Å²) in [5.74, 6) is -0.0505. The lowest BCUT2D eigenvalue weighted by Gasteiger charge is -2.16. The van der Waals surface area contributed by atoms with Crippen molar-refractivity contribution in [2.24, 2.45) is 0 Å². The van der Waals surface area contributed by atoms with Gasteiger partial charge in [0.15, 0.2) is 22.4 Å². The first-order chi connectivity index (χ1) is 17.3. The second-order valence-corrected chi connectivity index (χ2v) is 10.2. The lowest BCUT2D eigenvalue weighted by molar-refractivity contribution is -0.118. The molecule has 1 N–H and O–H groups in total. The van der Waals surface area contributed by atoms with Crippen LogP contribution in [0.2, 0.25) is 10.0 Å². The van der Waals surface area contributed by atoms with E-state index in [4.69, 9.17) is 44.9 Å². The number of thioether (sulfide) groups is 1. The molecule has 1 aliphatic rings. The SMILES string of the molecule is COc1cc(/C=C2\SC(=S)N(c3ccccc3C)C2=O)cc(Cl)c1OCC(=O)Nc1ccc(Cl)cc1. The molecule has 1 saturated heterocycles. The third-order valence-electron chi connectivity index (χ3n) is 5.18. The molecule has 1 fully saturated rings. The van der Waals surface area contributed by atoms with Gasteiger partial charge in [-0.3, -0.25) is 14.5 Å². The molecule has 3 aromatic rings. The molecule has 0 saturated carbocycles. The predicted octanol–water partition coefficient (Wildman–Crippen LogP) is 6.73. The van der Waals surface area contributed by atoms with Gasteiger partial charge in [-0.25, -0.2) is 0 Å². The monoisotopic (exact) mass is 558 g/mol. The first-order valence-corrected chi connectivity index (χ1v) is 12.6. The van der Waals surface area contributed by atoms with Gasteiger partial charge in [0.1, 0.15) is 0 Å². The number of carbonyl (C=O) groups excluding carboxylic acids is 2. The van der Waals surface area contributed by atoms with Gasteiger partial charge in [0.2, 0.25) is 0 Å². The zero-order chi connectivity index (χ0) is 25.8. The number of amides is 2. The second-order valence-electron chi connectivity index (χ2n) is 7.68. The van der Waals surface area contributed by atoms with Crippen molar-refractivity contribution in [2.45, 2.75) is 6.92 Å². The number of halogens is 2. The Morgan fingerprint density at radius 2 is 1.86 bits per heavy atom. The molecule has 0 unspecified atom stereocenters. The van der Waals surface area contributed by atoms with Crippen molar-refractivity contribution in [3.8, 4) is 11.5 Å². The molecule has 10 heteroatoms. The Morgan fingerprint density at radius 1 is 1.14 bits per heavy atom. The highest BCUT2D eigenvalue weighted by atomic mass is 35.5. The van der Waals surface area contributed by atoms with E-state index in [9.17, 15) is 9.59 Å². The molecule has 1 aliphatic heterocycles. The maximum atomic E-state index is 13.1. The fourth-order valence-corrected chi connectivity index (χ4v) is 5.16. The van der Waals surface area contributed by atoms with Gasteiger partial charge in [-0.15, -0.1) is 0 Å². The van der Waals surface area contributed by atoms with Crippen LogP contribution in [0.25, 0.3) is 6.08 Å². The number of hydrogen-bond acceptors (Lipinski definition) is 6. The van der Waals surface area contributed by atoms with E-state index in [0.29, 0.717) is 31.2 Å². The maximum absolute atomic E-state index is 13.1. The van der Waals surface area contributed by atoms with Crippen molar-refractivity contribution in [3.05, 3.63) is 86.7 Å². The molecule has 1 heterocycles. The molecule has 0 radical (unpaired) electrons. The molecule has 2 amide bonds. The number of aryl methyl sites for hydroxylation is 1. The molecule has 184 valence electrons. The number of carbonyl (C=O) groups is 2. The summed E-state index contributed by atoms with van der Waals surface area (Å²) >= 11 is 19.0. The molecule has 36 heavy (non-hydrogen) atoms. The normalized spacial score (nSPS) is 14.3. The maximum Gasteiger partial charge on any atom is 0.270 e. The van der Waals surface area contributed by atoms with Crippen LogP contribution in [0.3, 0.4) is 0 Å². The largest absolute Gasteiger partial charge is 0.493 e. The van der Waals surface area contributed by atoms with Gasteiger partial charge in [-0.2, -0.15) is 0 Å². The van der Waals surface area contributed by atoms with Crippen molar-refractivity contribution in [1.29, 1.82) is 0 Å². The summed E-state index contributed by atoms with van der Waals surface area (Å²) < 4.78 is 11.5. The predicted molar refractivity (Wildman–Crippen MR) is 150 cm³/mol. The van der Waals surface area contributed by atoms with E-state index in [1.165, 1.54) is 23.8 Å². The standard InChI is InChI=1S/C26H20Cl2N2O4S2/c1-15-5-3-4-6-20(15)30-25(32)22(36-26(30)35)13-16-11-19(28)24(21(12-16)33-2)34-14-23(31)29-18-9-7-17(27)8-10-18/h3-13H,14H2,1-2H3,(H,29,31)/b22-13-. The average Bonchev–Trinajstić information content (AvgIpc) is 3.12. The Hall–Kier alpha value is -3.04.